The van der Waals surface area contributed by atoms with Crippen molar-refractivity contribution in [3.8, 4) is 0 Å². The molecule has 0 radical (unpaired) electrons. The maximum Gasteiger partial charge on any atom is 0.225 e. The minimum Gasteiger partial charge on any atom is -0.252 e. The van der Waals surface area contributed by atoms with E-state index in [1.165, 1.54) is 5.56 Å². The first-order valence-electron chi connectivity index (χ1n) is 5.16. The highest BCUT2D eigenvalue weighted by Crippen LogP contribution is 2.15. The van der Waals surface area contributed by atoms with E-state index in [0.29, 0.717) is 0 Å². The lowest BCUT2D eigenvalue weighted by Crippen LogP contribution is -2.37. The van der Waals surface area contributed by atoms with Crippen molar-refractivity contribution < 1.29 is 4.57 Å². The number of hydrogen-bond acceptors (Lipinski definition) is 1. The average Bonchev–Trinajstić information content (AvgIpc) is 2.32. The summed E-state index contributed by atoms with van der Waals surface area (Å²) in [4.78, 5) is 4.13. The van der Waals surface area contributed by atoms with Crippen molar-refractivity contribution in [2.75, 3.05) is 0 Å². The summed E-state index contributed by atoms with van der Waals surface area (Å²) < 4.78 is 3.05. The summed E-state index contributed by atoms with van der Waals surface area (Å²) in [5.74, 6) is 0. The van der Waals surface area contributed by atoms with Crippen LogP contribution in [-0.2, 0) is 6.54 Å². The van der Waals surface area contributed by atoms with Gasteiger partial charge in [-0.15, -0.1) is 0 Å². The fraction of sp³-hybridized carbons (Fsp3) is 0.0769. The molecule has 2 aromatic rings. The number of halogens is 2. The van der Waals surface area contributed by atoms with Crippen molar-refractivity contribution in [2.24, 2.45) is 0 Å². The van der Waals surface area contributed by atoms with E-state index in [2.05, 4.69) is 53.5 Å². The standard InChI is InChI=1S/C13H11Br2N2/c14-13(15)8-12-9-16-6-7-17(12)10-11-4-2-1-3-5-11/h1-9H,10H2/q+1. The van der Waals surface area contributed by atoms with E-state index in [0.717, 1.165) is 15.6 Å². The van der Waals surface area contributed by atoms with Crippen LogP contribution in [0.3, 0.4) is 0 Å². The van der Waals surface area contributed by atoms with Crippen molar-refractivity contribution >= 4 is 37.9 Å². The van der Waals surface area contributed by atoms with Gasteiger partial charge < -0.3 is 0 Å². The van der Waals surface area contributed by atoms with Gasteiger partial charge in [0.15, 0.2) is 12.7 Å². The van der Waals surface area contributed by atoms with Gasteiger partial charge in [-0.25, -0.2) is 0 Å². The summed E-state index contributed by atoms with van der Waals surface area (Å²) >= 11 is 6.73. The number of rotatable bonds is 3. The predicted octanol–water partition coefficient (Wildman–Crippen LogP) is 3.51. The van der Waals surface area contributed by atoms with Crippen molar-refractivity contribution in [3.63, 3.8) is 0 Å². The van der Waals surface area contributed by atoms with Crippen LogP contribution < -0.4 is 4.57 Å². The van der Waals surface area contributed by atoms with Crippen LogP contribution in [0.5, 0.6) is 0 Å². The second-order valence-corrected chi connectivity index (χ2v) is 6.32. The lowest BCUT2D eigenvalue weighted by atomic mass is 10.2. The Hall–Kier alpha value is -1.00. The molecular weight excluding hydrogens is 344 g/mol. The molecule has 0 atom stereocenters. The molecule has 2 nitrogen and oxygen atoms in total. The lowest BCUT2D eigenvalue weighted by Gasteiger charge is -2.00. The molecule has 0 saturated heterocycles. The minimum atomic E-state index is 0.836. The van der Waals surface area contributed by atoms with Gasteiger partial charge in [-0.2, -0.15) is 4.57 Å². The summed E-state index contributed by atoms with van der Waals surface area (Å²) in [5.41, 5.74) is 2.31. The largest absolute Gasteiger partial charge is 0.252 e. The molecule has 0 aliphatic rings. The molecule has 0 bridgehead atoms. The molecule has 0 unspecified atom stereocenters. The quantitative estimate of drug-likeness (QED) is 0.771. The molecule has 2 rings (SSSR count). The normalized spacial score (nSPS) is 10.0. The Labute approximate surface area is 117 Å². The van der Waals surface area contributed by atoms with Crippen molar-refractivity contribution in [1.82, 2.24) is 4.98 Å². The van der Waals surface area contributed by atoms with Gasteiger partial charge in [0.25, 0.3) is 0 Å². The minimum absolute atomic E-state index is 0.836. The molecule has 1 heterocycles. The van der Waals surface area contributed by atoms with E-state index in [1.807, 2.05) is 36.7 Å². The molecule has 1 aromatic carbocycles. The Morgan fingerprint density at radius 1 is 1.24 bits per heavy atom. The highest BCUT2D eigenvalue weighted by atomic mass is 79.9. The van der Waals surface area contributed by atoms with E-state index in [4.69, 9.17) is 0 Å². The monoisotopic (exact) mass is 353 g/mol. The van der Waals surface area contributed by atoms with E-state index in [-0.39, 0.29) is 0 Å². The molecule has 0 aliphatic carbocycles. The van der Waals surface area contributed by atoms with E-state index >= 15 is 0 Å². The number of hydrogen-bond donors (Lipinski definition) is 0. The summed E-state index contributed by atoms with van der Waals surface area (Å²) in [5, 5.41) is 0. The van der Waals surface area contributed by atoms with Crippen LogP contribution >= 0.6 is 31.9 Å². The van der Waals surface area contributed by atoms with Gasteiger partial charge in [0.1, 0.15) is 0 Å². The van der Waals surface area contributed by atoms with Gasteiger partial charge in [-0.05, 0) is 31.9 Å². The zero-order valence-electron chi connectivity index (χ0n) is 9.05. The second kappa shape index (κ2) is 6.07. The molecule has 0 aliphatic heterocycles. The summed E-state index contributed by atoms with van der Waals surface area (Å²) in [7, 11) is 0. The van der Waals surface area contributed by atoms with Crippen LogP contribution in [-0.4, -0.2) is 4.98 Å². The Morgan fingerprint density at radius 3 is 2.71 bits per heavy atom. The fourth-order valence-corrected chi connectivity index (χ4v) is 2.02. The molecule has 0 spiro atoms. The van der Waals surface area contributed by atoms with Gasteiger partial charge in [0.05, 0.1) is 15.8 Å². The highest BCUT2D eigenvalue weighted by Gasteiger charge is 2.08. The third kappa shape index (κ3) is 3.75. The third-order valence-electron chi connectivity index (χ3n) is 2.32. The Balaban J connectivity index is 2.30. The van der Waals surface area contributed by atoms with Crippen LogP contribution in [0.2, 0.25) is 0 Å². The topological polar surface area (TPSA) is 16.8 Å². The molecule has 0 fully saturated rings. The van der Waals surface area contributed by atoms with Crippen LogP contribution in [0, 0.1) is 0 Å². The number of benzene rings is 1. The van der Waals surface area contributed by atoms with E-state index in [1.54, 1.807) is 6.20 Å². The first kappa shape index (κ1) is 12.5. The average molecular weight is 355 g/mol. The second-order valence-electron chi connectivity index (χ2n) is 3.55. The molecular formula is C13H11Br2N2+. The van der Waals surface area contributed by atoms with Crippen LogP contribution in [0.25, 0.3) is 6.08 Å². The molecule has 0 saturated carbocycles. The van der Waals surface area contributed by atoms with E-state index < -0.39 is 0 Å². The number of nitrogens with zero attached hydrogens (tertiary/aromatic N) is 2. The van der Waals surface area contributed by atoms with Gasteiger partial charge in [-0.3, -0.25) is 4.98 Å². The molecule has 4 heteroatoms. The maximum atomic E-state index is 4.13. The molecule has 0 N–H and O–H groups in total. The van der Waals surface area contributed by atoms with Crippen molar-refractivity contribution in [2.45, 2.75) is 6.54 Å². The zero-order valence-corrected chi connectivity index (χ0v) is 12.2. The number of aromatic nitrogens is 2. The molecule has 86 valence electrons. The molecule has 17 heavy (non-hydrogen) atoms. The highest BCUT2D eigenvalue weighted by molar-refractivity contribution is 9.28. The predicted molar refractivity (Wildman–Crippen MR) is 75.8 cm³/mol. The first-order valence-corrected chi connectivity index (χ1v) is 6.74. The Kier molecular flexibility index (Phi) is 4.45. The van der Waals surface area contributed by atoms with E-state index in [9.17, 15) is 0 Å². The smallest absolute Gasteiger partial charge is 0.225 e. The summed E-state index contributed by atoms with van der Waals surface area (Å²) in [6.07, 6.45) is 7.59. The van der Waals surface area contributed by atoms with Gasteiger partial charge >= 0.3 is 0 Å². The summed E-state index contributed by atoms with van der Waals surface area (Å²) in [6.45, 7) is 0.836. The summed E-state index contributed by atoms with van der Waals surface area (Å²) in [6, 6.07) is 10.4. The van der Waals surface area contributed by atoms with Crippen LogP contribution in [0.15, 0.2) is 52.3 Å². The van der Waals surface area contributed by atoms with Gasteiger partial charge in [-0.1, -0.05) is 30.3 Å². The molecule has 1 aromatic heterocycles. The van der Waals surface area contributed by atoms with Crippen molar-refractivity contribution in [3.05, 3.63) is 63.6 Å². The third-order valence-corrected chi connectivity index (χ3v) is 2.78. The van der Waals surface area contributed by atoms with Crippen LogP contribution in [0.1, 0.15) is 11.3 Å². The Bertz CT molecular complexity index is 520. The zero-order chi connectivity index (χ0) is 12.1. The van der Waals surface area contributed by atoms with Gasteiger partial charge in [0.2, 0.25) is 5.69 Å². The Morgan fingerprint density at radius 2 is 2.00 bits per heavy atom. The SMILES string of the molecule is BrC(Br)=Cc1cncc[n+]1Cc1ccccc1. The van der Waals surface area contributed by atoms with Crippen LogP contribution in [0.4, 0.5) is 0 Å². The lowest BCUT2D eigenvalue weighted by molar-refractivity contribution is -0.690. The van der Waals surface area contributed by atoms with Gasteiger partial charge in [0, 0.05) is 11.6 Å². The molecule has 0 amide bonds. The first-order chi connectivity index (χ1) is 8.25. The maximum absolute atomic E-state index is 4.13. The van der Waals surface area contributed by atoms with Crippen molar-refractivity contribution in [1.29, 1.82) is 0 Å². The fourth-order valence-electron chi connectivity index (χ4n) is 1.55.